The van der Waals surface area contributed by atoms with Gasteiger partial charge in [-0.05, 0) is 88.6 Å². The number of benzene rings is 9. The van der Waals surface area contributed by atoms with Crippen LogP contribution in [0.2, 0.25) is 0 Å². The molecular weight excluding hydrogens is 701 g/mol. The number of para-hydroxylation sites is 3. The average Bonchev–Trinajstić information content (AvgIpc) is 3.86. The van der Waals surface area contributed by atoms with E-state index in [1.54, 1.807) is 0 Å². The Morgan fingerprint density at radius 2 is 0.929 bits per heavy atom. The van der Waals surface area contributed by atoms with Crippen molar-refractivity contribution in [2.75, 3.05) is 9.80 Å². The summed E-state index contributed by atoms with van der Waals surface area (Å²) in [5.41, 5.74) is 10.4. The van der Waals surface area contributed by atoms with E-state index in [1.807, 2.05) is 11.3 Å². The maximum absolute atomic E-state index is 7.03. The molecule has 0 aliphatic carbocycles. The fourth-order valence-corrected chi connectivity index (χ4v) is 9.55. The van der Waals surface area contributed by atoms with Crippen molar-refractivity contribution < 1.29 is 4.42 Å². The van der Waals surface area contributed by atoms with E-state index in [0.717, 1.165) is 56.1 Å². The molecule has 9 aromatic carbocycles. The Labute approximate surface area is 328 Å². The number of fused-ring (bicyclic) bond motifs is 8. The Bertz CT molecular complexity index is 3150. The Morgan fingerprint density at radius 3 is 1.68 bits per heavy atom. The van der Waals surface area contributed by atoms with Crippen LogP contribution < -0.4 is 9.80 Å². The summed E-state index contributed by atoms with van der Waals surface area (Å²) in [6.45, 7) is 0. The lowest BCUT2D eigenvalue weighted by Gasteiger charge is -2.27. The highest BCUT2D eigenvalue weighted by molar-refractivity contribution is 7.26. The van der Waals surface area contributed by atoms with E-state index >= 15 is 0 Å². The zero-order chi connectivity index (χ0) is 37.0. The highest BCUT2D eigenvalue weighted by atomic mass is 32.1. The summed E-state index contributed by atoms with van der Waals surface area (Å²) in [7, 11) is 0. The lowest BCUT2D eigenvalue weighted by Crippen LogP contribution is -2.10. The minimum Gasteiger partial charge on any atom is -0.454 e. The van der Waals surface area contributed by atoms with E-state index in [2.05, 4.69) is 216 Å². The van der Waals surface area contributed by atoms with Gasteiger partial charge in [0.05, 0.1) is 27.1 Å². The molecule has 56 heavy (non-hydrogen) atoms. The SMILES string of the molecule is c1ccc(-c2ccc(N(c3cccc4c3oc3cccc(N(c5ccccc5)c5ccccc5)c34)c3cccc4c3sc3ccc5ccccc5c34)cc2)cc1. The van der Waals surface area contributed by atoms with E-state index in [9.17, 15) is 0 Å². The maximum Gasteiger partial charge on any atom is 0.159 e. The van der Waals surface area contributed by atoms with E-state index in [1.165, 1.54) is 42.1 Å². The largest absolute Gasteiger partial charge is 0.454 e. The monoisotopic (exact) mass is 734 g/mol. The van der Waals surface area contributed by atoms with Gasteiger partial charge in [0.1, 0.15) is 5.58 Å². The van der Waals surface area contributed by atoms with Gasteiger partial charge < -0.3 is 14.2 Å². The van der Waals surface area contributed by atoms with Crippen LogP contribution in [0.5, 0.6) is 0 Å². The van der Waals surface area contributed by atoms with E-state index in [4.69, 9.17) is 4.42 Å². The summed E-state index contributed by atoms with van der Waals surface area (Å²) < 4.78 is 9.54. The van der Waals surface area contributed by atoms with Crippen molar-refractivity contribution in [2.24, 2.45) is 0 Å². The molecule has 0 saturated heterocycles. The molecule has 0 radical (unpaired) electrons. The Morgan fingerprint density at radius 1 is 0.357 bits per heavy atom. The first-order valence-electron chi connectivity index (χ1n) is 18.9. The summed E-state index contributed by atoms with van der Waals surface area (Å²) in [5, 5.41) is 7.22. The van der Waals surface area contributed by atoms with Gasteiger partial charge in [-0.3, -0.25) is 0 Å². The molecule has 11 rings (SSSR count). The zero-order valence-corrected chi connectivity index (χ0v) is 31.2. The Kier molecular flexibility index (Phi) is 7.68. The lowest BCUT2D eigenvalue weighted by molar-refractivity contribution is 0.669. The molecular formula is C52H34N2OS. The molecule has 3 nitrogen and oxygen atoms in total. The van der Waals surface area contributed by atoms with Crippen LogP contribution in [0, 0.1) is 0 Å². The van der Waals surface area contributed by atoms with Crippen LogP contribution in [0.4, 0.5) is 34.1 Å². The fourth-order valence-electron chi connectivity index (χ4n) is 8.33. The van der Waals surface area contributed by atoms with Crippen molar-refractivity contribution in [1.29, 1.82) is 0 Å². The quantitative estimate of drug-likeness (QED) is 0.163. The molecule has 0 aliphatic rings. The van der Waals surface area contributed by atoms with Crippen LogP contribution in [-0.4, -0.2) is 0 Å². The number of furan rings is 1. The topological polar surface area (TPSA) is 19.6 Å². The zero-order valence-electron chi connectivity index (χ0n) is 30.3. The van der Waals surface area contributed by atoms with Gasteiger partial charge in [0, 0.05) is 37.9 Å². The summed E-state index contributed by atoms with van der Waals surface area (Å²) in [4.78, 5) is 4.72. The van der Waals surface area contributed by atoms with Crippen molar-refractivity contribution >= 4 is 98.3 Å². The van der Waals surface area contributed by atoms with Crippen molar-refractivity contribution in [3.05, 3.63) is 206 Å². The molecule has 0 N–H and O–H groups in total. The van der Waals surface area contributed by atoms with Gasteiger partial charge >= 0.3 is 0 Å². The number of nitrogens with zero attached hydrogens (tertiary/aromatic N) is 2. The molecule has 0 amide bonds. The first-order chi connectivity index (χ1) is 27.8. The lowest BCUT2D eigenvalue weighted by atomic mass is 10.0. The summed E-state index contributed by atoms with van der Waals surface area (Å²) in [5.74, 6) is 0. The smallest absolute Gasteiger partial charge is 0.159 e. The van der Waals surface area contributed by atoms with Crippen LogP contribution in [0.15, 0.2) is 211 Å². The van der Waals surface area contributed by atoms with Gasteiger partial charge in [0.25, 0.3) is 0 Å². The van der Waals surface area contributed by atoms with Gasteiger partial charge in [-0.2, -0.15) is 0 Å². The number of anilines is 6. The molecule has 2 aromatic heterocycles. The minimum atomic E-state index is 0.840. The van der Waals surface area contributed by atoms with Gasteiger partial charge in [0.2, 0.25) is 0 Å². The third-order valence-electron chi connectivity index (χ3n) is 10.8. The normalized spacial score (nSPS) is 11.6. The van der Waals surface area contributed by atoms with E-state index < -0.39 is 0 Å². The minimum absolute atomic E-state index is 0.840. The molecule has 11 aromatic rings. The standard InChI is InChI=1S/C52H34N2OS/c1-4-15-35(16-5-1)36-29-32-40(33-30-36)54(46-27-13-24-43-49-41-22-11-10-17-37(41)31-34-48(49)56-52(43)46)45-26-12-23-42-50-44(25-14-28-47(50)55-51(42)45)53(38-18-6-2-7-19-38)39-20-8-3-9-21-39/h1-34H. The molecule has 0 spiro atoms. The van der Waals surface area contributed by atoms with Crippen LogP contribution in [0.3, 0.4) is 0 Å². The number of hydrogen-bond donors (Lipinski definition) is 0. The Hall–Kier alpha value is -7.14. The van der Waals surface area contributed by atoms with Gasteiger partial charge in [-0.15, -0.1) is 11.3 Å². The predicted octanol–water partition coefficient (Wildman–Crippen LogP) is 15.7. The first kappa shape index (κ1) is 32.3. The number of rotatable bonds is 7. The second-order valence-electron chi connectivity index (χ2n) is 14.1. The second-order valence-corrected chi connectivity index (χ2v) is 15.1. The molecule has 0 bridgehead atoms. The highest BCUT2D eigenvalue weighted by Crippen LogP contribution is 2.50. The van der Waals surface area contributed by atoms with Crippen molar-refractivity contribution in [2.45, 2.75) is 0 Å². The summed E-state index contributed by atoms with van der Waals surface area (Å²) >= 11 is 1.85. The number of hydrogen-bond acceptors (Lipinski definition) is 4. The van der Waals surface area contributed by atoms with Crippen LogP contribution in [0.1, 0.15) is 0 Å². The molecule has 0 aliphatic heterocycles. The molecule has 4 heteroatoms. The molecule has 0 saturated carbocycles. The van der Waals surface area contributed by atoms with Crippen molar-refractivity contribution in [3.8, 4) is 11.1 Å². The van der Waals surface area contributed by atoms with Crippen LogP contribution in [0.25, 0.3) is 64.0 Å². The summed E-state index contributed by atoms with van der Waals surface area (Å²) in [6, 6.07) is 73.6. The van der Waals surface area contributed by atoms with Gasteiger partial charge in [0.15, 0.2) is 5.58 Å². The maximum atomic E-state index is 7.03. The highest BCUT2D eigenvalue weighted by Gasteiger charge is 2.25. The van der Waals surface area contributed by atoms with Crippen LogP contribution in [-0.2, 0) is 0 Å². The third-order valence-corrected chi connectivity index (χ3v) is 12.0. The Balaban J connectivity index is 1.17. The van der Waals surface area contributed by atoms with E-state index in [0.29, 0.717) is 0 Å². The van der Waals surface area contributed by atoms with Crippen LogP contribution >= 0.6 is 11.3 Å². The summed E-state index contributed by atoms with van der Waals surface area (Å²) in [6.07, 6.45) is 0. The molecule has 2 heterocycles. The van der Waals surface area contributed by atoms with Gasteiger partial charge in [-0.25, -0.2) is 0 Å². The van der Waals surface area contributed by atoms with Crippen molar-refractivity contribution in [3.63, 3.8) is 0 Å². The number of thiophene rings is 1. The van der Waals surface area contributed by atoms with Crippen molar-refractivity contribution in [1.82, 2.24) is 0 Å². The molecule has 0 fully saturated rings. The fraction of sp³-hybridized carbons (Fsp3) is 0. The third kappa shape index (κ3) is 5.26. The molecule has 0 unspecified atom stereocenters. The molecule has 264 valence electrons. The van der Waals surface area contributed by atoms with E-state index in [-0.39, 0.29) is 0 Å². The van der Waals surface area contributed by atoms with Gasteiger partial charge in [-0.1, -0.05) is 140 Å². The second kappa shape index (κ2) is 13.3. The predicted molar refractivity (Wildman–Crippen MR) is 239 cm³/mol. The molecule has 0 atom stereocenters. The average molecular weight is 735 g/mol. The first-order valence-corrected chi connectivity index (χ1v) is 19.7.